The van der Waals surface area contributed by atoms with Gasteiger partial charge < -0.3 is 4.74 Å². The lowest BCUT2D eigenvalue weighted by Gasteiger charge is -2.11. The number of aryl methyl sites for hydroxylation is 2. The van der Waals surface area contributed by atoms with Crippen LogP contribution in [-0.4, -0.2) is 9.78 Å². The van der Waals surface area contributed by atoms with Crippen LogP contribution in [-0.2, 0) is 20.1 Å². The van der Waals surface area contributed by atoms with Crippen LogP contribution < -0.4 is 4.74 Å². The molecule has 0 amide bonds. The molecule has 0 spiro atoms. The third-order valence-electron chi connectivity index (χ3n) is 2.79. The van der Waals surface area contributed by atoms with Crippen LogP contribution in [0.2, 0.25) is 0 Å². The summed E-state index contributed by atoms with van der Waals surface area (Å²) in [5.74, 6) is 0.680. The fourth-order valence-electron chi connectivity index (χ4n) is 1.89. The van der Waals surface area contributed by atoms with Crippen LogP contribution >= 0.6 is 22.6 Å². The normalized spacial score (nSPS) is 10.6. The van der Waals surface area contributed by atoms with Crippen molar-refractivity contribution in [2.75, 3.05) is 0 Å². The molecule has 0 fully saturated rings. The maximum absolute atomic E-state index is 5.74. The lowest BCUT2D eigenvalue weighted by molar-refractivity contribution is 0.289. The molecule has 0 saturated carbocycles. The van der Waals surface area contributed by atoms with Crippen molar-refractivity contribution in [1.82, 2.24) is 9.78 Å². The summed E-state index contributed by atoms with van der Waals surface area (Å²) >= 11 is 2.37. The molecule has 2 aromatic rings. The van der Waals surface area contributed by atoms with E-state index in [4.69, 9.17) is 4.74 Å². The van der Waals surface area contributed by atoms with Gasteiger partial charge in [0.15, 0.2) is 0 Å². The Morgan fingerprint density at radius 3 is 2.83 bits per heavy atom. The predicted molar refractivity (Wildman–Crippen MR) is 80.7 cm³/mol. The Morgan fingerprint density at radius 1 is 1.33 bits per heavy atom. The van der Waals surface area contributed by atoms with E-state index in [1.54, 1.807) is 4.68 Å². The Kier molecular flexibility index (Phi) is 4.63. The van der Waals surface area contributed by atoms with Gasteiger partial charge in [0.25, 0.3) is 0 Å². The summed E-state index contributed by atoms with van der Waals surface area (Å²) in [6.45, 7) is 2.79. The minimum Gasteiger partial charge on any atom is -0.472 e. The van der Waals surface area contributed by atoms with Crippen molar-refractivity contribution in [3.8, 4) is 5.88 Å². The van der Waals surface area contributed by atoms with E-state index < -0.39 is 0 Å². The van der Waals surface area contributed by atoms with Gasteiger partial charge >= 0.3 is 0 Å². The minimum absolute atomic E-state index is 0.589. The van der Waals surface area contributed by atoms with Gasteiger partial charge in [-0.15, -0.1) is 5.10 Å². The zero-order chi connectivity index (χ0) is 13.0. The average Bonchev–Trinajstić information content (AvgIpc) is 2.75. The molecule has 0 unspecified atom stereocenters. The number of hydrogen-bond donors (Lipinski definition) is 0. The molecule has 0 N–H and O–H groups in total. The fourth-order valence-corrected chi connectivity index (χ4v) is 2.60. The van der Waals surface area contributed by atoms with Crippen molar-refractivity contribution in [3.05, 3.63) is 45.2 Å². The molecule has 2 rings (SSSR count). The van der Waals surface area contributed by atoms with E-state index in [2.05, 4.69) is 52.8 Å². The monoisotopic (exact) mass is 356 g/mol. The largest absolute Gasteiger partial charge is 0.472 e. The number of rotatable bonds is 5. The van der Waals surface area contributed by atoms with Crippen molar-refractivity contribution >= 4 is 22.6 Å². The summed E-state index contributed by atoms with van der Waals surface area (Å²) in [7, 11) is 1.89. The first-order valence-corrected chi connectivity index (χ1v) is 7.17. The first kappa shape index (κ1) is 13.4. The number of nitrogens with zero attached hydrogens (tertiary/aromatic N) is 2. The Morgan fingerprint density at radius 2 is 2.17 bits per heavy atom. The number of hydrogen-bond acceptors (Lipinski definition) is 2. The summed E-state index contributed by atoms with van der Waals surface area (Å²) in [6, 6.07) is 8.30. The van der Waals surface area contributed by atoms with Crippen LogP contribution in [0.1, 0.15) is 24.5 Å². The highest BCUT2D eigenvalue weighted by Crippen LogP contribution is 2.20. The second-order valence-corrected chi connectivity index (χ2v) is 5.41. The van der Waals surface area contributed by atoms with Crippen LogP contribution in [0, 0.1) is 3.57 Å². The second-order valence-electron chi connectivity index (χ2n) is 4.24. The predicted octanol–water partition coefficient (Wildman–Crippen LogP) is 3.56. The zero-order valence-electron chi connectivity index (χ0n) is 10.7. The third-order valence-corrected chi connectivity index (χ3v) is 3.80. The van der Waals surface area contributed by atoms with Gasteiger partial charge in [-0.05, 0) is 40.6 Å². The molecule has 0 atom stereocenters. The van der Waals surface area contributed by atoms with Crippen molar-refractivity contribution in [1.29, 1.82) is 0 Å². The Balaban J connectivity index is 2.12. The standard InChI is InChI=1S/C14H17IN2O/c1-3-5-11-6-4-7-13(15)12(11)10-18-14-8-9-17(2)16-14/h4,6-9H,3,5,10H2,1-2H3. The summed E-state index contributed by atoms with van der Waals surface area (Å²) < 4.78 is 8.75. The Bertz CT molecular complexity index is 522. The Hall–Kier alpha value is -1.04. The lowest BCUT2D eigenvalue weighted by atomic mass is 10.0. The number of benzene rings is 1. The first-order chi connectivity index (χ1) is 8.70. The molecule has 0 aliphatic heterocycles. The summed E-state index contributed by atoms with van der Waals surface area (Å²) in [4.78, 5) is 0. The maximum atomic E-state index is 5.74. The molecule has 0 aliphatic rings. The maximum Gasteiger partial charge on any atom is 0.233 e. The zero-order valence-corrected chi connectivity index (χ0v) is 12.8. The summed E-state index contributed by atoms with van der Waals surface area (Å²) in [5.41, 5.74) is 2.66. The van der Waals surface area contributed by atoms with E-state index in [0.717, 1.165) is 12.8 Å². The second kappa shape index (κ2) is 6.22. The lowest BCUT2D eigenvalue weighted by Crippen LogP contribution is -2.03. The first-order valence-electron chi connectivity index (χ1n) is 6.09. The van der Waals surface area contributed by atoms with Crippen LogP contribution in [0.15, 0.2) is 30.5 Å². The molecule has 1 aromatic carbocycles. The van der Waals surface area contributed by atoms with Gasteiger partial charge in [0, 0.05) is 28.4 Å². The molecule has 18 heavy (non-hydrogen) atoms. The van der Waals surface area contributed by atoms with E-state index in [1.165, 1.54) is 14.7 Å². The highest BCUT2D eigenvalue weighted by molar-refractivity contribution is 14.1. The molecule has 1 heterocycles. The molecule has 96 valence electrons. The van der Waals surface area contributed by atoms with Crippen molar-refractivity contribution < 1.29 is 4.74 Å². The van der Waals surface area contributed by atoms with E-state index in [-0.39, 0.29) is 0 Å². The smallest absolute Gasteiger partial charge is 0.233 e. The molecular formula is C14H17IN2O. The van der Waals surface area contributed by atoms with Crippen LogP contribution in [0.25, 0.3) is 0 Å². The molecule has 0 saturated heterocycles. The quantitative estimate of drug-likeness (QED) is 0.766. The molecule has 3 nitrogen and oxygen atoms in total. The minimum atomic E-state index is 0.589. The molecule has 1 aromatic heterocycles. The highest BCUT2D eigenvalue weighted by Gasteiger charge is 2.07. The highest BCUT2D eigenvalue weighted by atomic mass is 127. The van der Waals surface area contributed by atoms with Crippen LogP contribution in [0.5, 0.6) is 5.88 Å². The average molecular weight is 356 g/mol. The van der Waals surface area contributed by atoms with Gasteiger partial charge in [-0.1, -0.05) is 25.5 Å². The number of ether oxygens (including phenoxy) is 1. The van der Waals surface area contributed by atoms with E-state index in [1.807, 2.05) is 19.3 Å². The van der Waals surface area contributed by atoms with Crippen LogP contribution in [0.4, 0.5) is 0 Å². The van der Waals surface area contributed by atoms with Gasteiger partial charge in [-0.3, -0.25) is 4.68 Å². The Labute approximate surface area is 121 Å². The fraction of sp³-hybridized carbons (Fsp3) is 0.357. The van der Waals surface area contributed by atoms with E-state index in [9.17, 15) is 0 Å². The van der Waals surface area contributed by atoms with Gasteiger partial charge in [0.05, 0.1) is 0 Å². The molecule has 4 heteroatoms. The number of halogens is 1. The molecular weight excluding hydrogens is 339 g/mol. The molecule has 0 radical (unpaired) electrons. The van der Waals surface area contributed by atoms with Gasteiger partial charge in [0.1, 0.15) is 6.61 Å². The third kappa shape index (κ3) is 3.25. The van der Waals surface area contributed by atoms with Crippen LogP contribution in [0.3, 0.4) is 0 Å². The summed E-state index contributed by atoms with van der Waals surface area (Å²) in [6.07, 6.45) is 4.13. The summed E-state index contributed by atoms with van der Waals surface area (Å²) in [5, 5.41) is 4.22. The van der Waals surface area contributed by atoms with E-state index in [0.29, 0.717) is 12.5 Å². The molecule has 0 bridgehead atoms. The topological polar surface area (TPSA) is 27.1 Å². The SMILES string of the molecule is CCCc1cccc(I)c1COc1ccn(C)n1. The molecule has 0 aliphatic carbocycles. The van der Waals surface area contributed by atoms with Gasteiger partial charge in [0.2, 0.25) is 5.88 Å². The van der Waals surface area contributed by atoms with Crippen molar-refractivity contribution in [2.24, 2.45) is 7.05 Å². The van der Waals surface area contributed by atoms with Crippen molar-refractivity contribution in [2.45, 2.75) is 26.4 Å². The van der Waals surface area contributed by atoms with Crippen molar-refractivity contribution in [3.63, 3.8) is 0 Å². The van der Waals surface area contributed by atoms with E-state index >= 15 is 0 Å². The number of aromatic nitrogens is 2. The van der Waals surface area contributed by atoms with Gasteiger partial charge in [-0.2, -0.15) is 0 Å². The van der Waals surface area contributed by atoms with Gasteiger partial charge in [-0.25, -0.2) is 0 Å².